The van der Waals surface area contributed by atoms with Crippen molar-refractivity contribution < 1.29 is 4.42 Å². The zero-order chi connectivity index (χ0) is 10.7. The molecule has 1 aliphatic rings. The molecule has 3 heteroatoms. The van der Waals surface area contributed by atoms with E-state index in [2.05, 4.69) is 11.8 Å². The molecule has 1 atom stereocenters. The fourth-order valence-electron chi connectivity index (χ4n) is 2.23. The normalized spacial score (nSPS) is 22.4. The van der Waals surface area contributed by atoms with Crippen LogP contribution >= 0.6 is 0 Å². The van der Waals surface area contributed by atoms with E-state index in [1.807, 2.05) is 12.1 Å². The Morgan fingerprint density at radius 3 is 2.87 bits per heavy atom. The van der Waals surface area contributed by atoms with E-state index in [1.165, 1.54) is 25.9 Å². The summed E-state index contributed by atoms with van der Waals surface area (Å²) in [5.41, 5.74) is 5.51. The first kappa shape index (κ1) is 10.7. The first-order valence-corrected chi connectivity index (χ1v) is 5.81. The molecule has 1 unspecified atom stereocenters. The zero-order valence-corrected chi connectivity index (χ0v) is 9.41. The first-order valence-electron chi connectivity index (χ1n) is 5.81. The van der Waals surface area contributed by atoms with E-state index < -0.39 is 0 Å². The van der Waals surface area contributed by atoms with Crippen LogP contribution in [-0.2, 0) is 13.1 Å². The maximum Gasteiger partial charge on any atom is 0.118 e. The molecule has 1 aromatic rings. The van der Waals surface area contributed by atoms with Gasteiger partial charge in [-0.15, -0.1) is 0 Å². The van der Waals surface area contributed by atoms with Gasteiger partial charge in [0.15, 0.2) is 0 Å². The summed E-state index contributed by atoms with van der Waals surface area (Å²) in [5, 5.41) is 0. The van der Waals surface area contributed by atoms with Gasteiger partial charge in [-0.05, 0) is 31.0 Å². The average Bonchev–Trinajstić information content (AvgIpc) is 2.87. The third-order valence-corrected chi connectivity index (χ3v) is 3.25. The second kappa shape index (κ2) is 4.81. The van der Waals surface area contributed by atoms with Gasteiger partial charge in [-0.3, -0.25) is 4.90 Å². The van der Waals surface area contributed by atoms with E-state index in [1.54, 1.807) is 0 Å². The first-order chi connectivity index (χ1) is 7.31. The Labute approximate surface area is 91.2 Å². The molecule has 0 bridgehead atoms. The third kappa shape index (κ3) is 2.61. The molecule has 1 saturated heterocycles. The Kier molecular flexibility index (Phi) is 3.44. The number of nitrogens with zero attached hydrogens (tertiary/aromatic N) is 1. The van der Waals surface area contributed by atoms with Gasteiger partial charge in [0.05, 0.1) is 13.1 Å². The second-order valence-electron chi connectivity index (χ2n) is 4.37. The molecule has 2 N–H and O–H groups in total. The largest absolute Gasteiger partial charge is 0.463 e. The Morgan fingerprint density at radius 1 is 1.47 bits per heavy atom. The van der Waals surface area contributed by atoms with Gasteiger partial charge in [0.1, 0.15) is 11.5 Å². The molecule has 84 valence electrons. The van der Waals surface area contributed by atoms with Gasteiger partial charge in [-0.25, -0.2) is 0 Å². The molecule has 0 spiro atoms. The third-order valence-electron chi connectivity index (χ3n) is 3.25. The summed E-state index contributed by atoms with van der Waals surface area (Å²) in [6.07, 6.45) is 2.63. The van der Waals surface area contributed by atoms with Crippen molar-refractivity contribution in [1.82, 2.24) is 4.90 Å². The van der Waals surface area contributed by atoms with Crippen LogP contribution in [0.5, 0.6) is 0 Å². The average molecular weight is 208 g/mol. The topological polar surface area (TPSA) is 42.4 Å². The molecular weight excluding hydrogens is 188 g/mol. The SMILES string of the molecule is CCC1CCN(Cc2ccc(CN)o2)C1. The maximum absolute atomic E-state index is 5.60. The van der Waals surface area contributed by atoms with Gasteiger partial charge in [0.25, 0.3) is 0 Å². The lowest BCUT2D eigenvalue weighted by Crippen LogP contribution is -2.19. The second-order valence-corrected chi connectivity index (χ2v) is 4.37. The van der Waals surface area contributed by atoms with Crippen LogP contribution in [0.1, 0.15) is 31.3 Å². The van der Waals surface area contributed by atoms with Crippen LogP contribution in [0.25, 0.3) is 0 Å². The van der Waals surface area contributed by atoms with Crippen molar-refractivity contribution in [1.29, 1.82) is 0 Å². The summed E-state index contributed by atoms with van der Waals surface area (Å²) < 4.78 is 5.60. The van der Waals surface area contributed by atoms with E-state index in [0.29, 0.717) is 6.54 Å². The van der Waals surface area contributed by atoms with Crippen LogP contribution in [-0.4, -0.2) is 18.0 Å². The number of nitrogens with two attached hydrogens (primary N) is 1. The van der Waals surface area contributed by atoms with Crippen LogP contribution in [0.3, 0.4) is 0 Å². The molecular formula is C12H20N2O. The van der Waals surface area contributed by atoms with Crippen LogP contribution in [0, 0.1) is 5.92 Å². The highest BCUT2D eigenvalue weighted by molar-refractivity contribution is 5.07. The number of hydrogen-bond acceptors (Lipinski definition) is 3. The smallest absolute Gasteiger partial charge is 0.118 e. The molecule has 1 aliphatic heterocycles. The highest BCUT2D eigenvalue weighted by atomic mass is 16.3. The zero-order valence-electron chi connectivity index (χ0n) is 9.41. The van der Waals surface area contributed by atoms with Crippen LogP contribution < -0.4 is 5.73 Å². The van der Waals surface area contributed by atoms with Gasteiger partial charge >= 0.3 is 0 Å². The maximum atomic E-state index is 5.60. The van der Waals surface area contributed by atoms with Crippen LogP contribution in [0.15, 0.2) is 16.5 Å². The number of likely N-dealkylation sites (tertiary alicyclic amines) is 1. The minimum atomic E-state index is 0.498. The summed E-state index contributed by atoms with van der Waals surface area (Å²) in [7, 11) is 0. The van der Waals surface area contributed by atoms with Crippen LogP contribution in [0.4, 0.5) is 0 Å². The van der Waals surface area contributed by atoms with Crippen molar-refractivity contribution in [2.24, 2.45) is 11.7 Å². The van der Waals surface area contributed by atoms with Gasteiger partial charge in [-0.2, -0.15) is 0 Å². The van der Waals surface area contributed by atoms with Crippen molar-refractivity contribution in [2.45, 2.75) is 32.9 Å². The number of furan rings is 1. The predicted octanol–water partition coefficient (Wildman–Crippen LogP) is 1.97. The van der Waals surface area contributed by atoms with Crippen molar-refractivity contribution in [3.05, 3.63) is 23.7 Å². The van der Waals surface area contributed by atoms with Gasteiger partial charge in [0, 0.05) is 6.54 Å². The molecule has 0 aromatic carbocycles. The van der Waals surface area contributed by atoms with Crippen molar-refractivity contribution >= 4 is 0 Å². The summed E-state index contributed by atoms with van der Waals surface area (Å²) >= 11 is 0. The lowest BCUT2D eigenvalue weighted by Gasteiger charge is -2.13. The Balaban J connectivity index is 1.87. The van der Waals surface area contributed by atoms with Crippen LogP contribution in [0.2, 0.25) is 0 Å². The molecule has 3 nitrogen and oxygen atoms in total. The van der Waals surface area contributed by atoms with E-state index in [0.717, 1.165) is 24.0 Å². The molecule has 2 rings (SSSR count). The summed E-state index contributed by atoms with van der Waals surface area (Å²) in [4.78, 5) is 2.47. The Bertz CT molecular complexity index is 308. The lowest BCUT2D eigenvalue weighted by molar-refractivity contribution is 0.282. The summed E-state index contributed by atoms with van der Waals surface area (Å²) in [5.74, 6) is 2.82. The fourth-order valence-corrected chi connectivity index (χ4v) is 2.23. The van der Waals surface area contributed by atoms with E-state index in [4.69, 9.17) is 10.2 Å². The quantitative estimate of drug-likeness (QED) is 0.822. The Morgan fingerprint density at radius 2 is 2.27 bits per heavy atom. The minimum absolute atomic E-state index is 0.498. The van der Waals surface area contributed by atoms with Gasteiger partial charge < -0.3 is 10.2 Å². The predicted molar refractivity (Wildman–Crippen MR) is 60.3 cm³/mol. The van der Waals surface area contributed by atoms with Crippen molar-refractivity contribution in [3.8, 4) is 0 Å². The minimum Gasteiger partial charge on any atom is -0.463 e. The van der Waals surface area contributed by atoms with Crippen molar-refractivity contribution in [2.75, 3.05) is 13.1 Å². The van der Waals surface area contributed by atoms with E-state index >= 15 is 0 Å². The molecule has 2 heterocycles. The molecule has 0 saturated carbocycles. The molecule has 15 heavy (non-hydrogen) atoms. The van der Waals surface area contributed by atoms with Crippen molar-refractivity contribution in [3.63, 3.8) is 0 Å². The number of rotatable bonds is 4. The van der Waals surface area contributed by atoms with Gasteiger partial charge in [0.2, 0.25) is 0 Å². The molecule has 1 aromatic heterocycles. The van der Waals surface area contributed by atoms with E-state index in [-0.39, 0.29) is 0 Å². The molecule has 0 aliphatic carbocycles. The summed E-state index contributed by atoms with van der Waals surface area (Å²) in [6.45, 7) is 6.13. The lowest BCUT2D eigenvalue weighted by atomic mass is 10.1. The number of hydrogen-bond donors (Lipinski definition) is 1. The van der Waals surface area contributed by atoms with Gasteiger partial charge in [-0.1, -0.05) is 13.3 Å². The Hall–Kier alpha value is -0.800. The standard InChI is InChI=1S/C12H20N2O/c1-2-10-5-6-14(8-10)9-12-4-3-11(7-13)15-12/h3-4,10H,2,5-9,13H2,1H3. The molecule has 0 radical (unpaired) electrons. The monoisotopic (exact) mass is 208 g/mol. The molecule has 1 fully saturated rings. The van der Waals surface area contributed by atoms with E-state index in [9.17, 15) is 0 Å². The summed E-state index contributed by atoms with van der Waals surface area (Å²) in [6, 6.07) is 4.02. The molecule has 0 amide bonds. The fraction of sp³-hybridized carbons (Fsp3) is 0.667. The highest BCUT2D eigenvalue weighted by Gasteiger charge is 2.21. The highest BCUT2D eigenvalue weighted by Crippen LogP contribution is 2.21.